The molecule has 0 fully saturated rings. The monoisotopic (exact) mass is 354 g/mol. The van der Waals surface area contributed by atoms with Gasteiger partial charge in [0.15, 0.2) is 0 Å². The fourth-order valence-corrected chi connectivity index (χ4v) is 1.25. The maximum absolute atomic E-state index is 10.8. The second-order valence-corrected chi connectivity index (χ2v) is 6.93. The van der Waals surface area contributed by atoms with Crippen LogP contribution in [-0.2, 0) is 9.53 Å². The van der Waals surface area contributed by atoms with Crippen LogP contribution in [0, 0.1) is 5.92 Å². The third kappa shape index (κ3) is 14.6. The SMILES string of the molecule is CCCCC(CC)COC(=O)CS.[CH3][Sn][CH3]. The second-order valence-electron chi connectivity index (χ2n) is 3.76. The molecule has 0 N–H and O–H groups in total. The van der Waals surface area contributed by atoms with Gasteiger partial charge in [-0.05, 0) is 12.3 Å². The van der Waals surface area contributed by atoms with Gasteiger partial charge < -0.3 is 4.74 Å². The summed E-state index contributed by atoms with van der Waals surface area (Å²) in [4.78, 5) is 15.4. The molecule has 4 heteroatoms. The minimum atomic E-state index is -0.210. The molecule has 0 amide bonds. The van der Waals surface area contributed by atoms with Crippen LogP contribution < -0.4 is 0 Å². The Hall–Kier alpha value is 0.619. The van der Waals surface area contributed by atoms with Crippen molar-refractivity contribution in [2.75, 3.05) is 12.4 Å². The van der Waals surface area contributed by atoms with E-state index in [4.69, 9.17) is 4.74 Å². The second kappa shape index (κ2) is 15.6. The maximum atomic E-state index is 10.8. The summed E-state index contributed by atoms with van der Waals surface area (Å²) >= 11 is 4.07. The van der Waals surface area contributed by atoms with Crippen molar-refractivity contribution in [1.82, 2.24) is 0 Å². The molecule has 0 aliphatic heterocycles. The molecule has 0 bridgehead atoms. The van der Waals surface area contributed by atoms with Crippen molar-refractivity contribution in [3.8, 4) is 0 Å². The normalized spacial score (nSPS) is 11.3. The van der Waals surface area contributed by atoms with E-state index in [0.717, 1.165) is 12.8 Å². The topological polar surface area (TPSA) is 26.3 Å². The van der Waals surface area contributed by atoms with Crippen molar-refractivity contribution in [2.24, 2.45) is 5.92 Å². The van der Waals surface area contributed by atoms with Gasteiger partial charge in [-0.3, -0.25) is 4.79 Å². The van der Waals surface area contributed by atoms with Crippen LogP contribution in [0.3, 0.4) is 0 Å². The minimum absolute atomic E-state index is 0.185. The number of hydrogen-bond acceptors (Lipinski definition) is 3. The Morgan fingerprint density at radius 2 is 1.94 bits per heavy atom. The van der Waals surface area contributed by atoms with E-state index in [2.05, 4.69) is 36.4 Å². The molecule has 2 radical (unpaired) electrons. The van der Waals surface area contributed by atoms with Crippen molar-refractivity contribution in [1.29, 1.82) is 0 Å². The van der Waals surface area contributed by atoms with Crippen LogP contribution >= 0.6 is 12.6 Å². The number of thiol groups is 1. The fourth-order valence-electron chi connectivity index (χ4n) is 1.15. The Labute approximate surface area is 117 Å². The van der Waals surface area contributed by atoms with Crippen LogP contribution in [0.5, 0.6) is 0 Å². The first-order valence-corrected chi connectivity index (χ1v) is 12.3. The Morgan fingerprint density at radius 3 is 2.31 bits per heavy atom. The van der Waals surface area contributed by atoms with Gasteiger partial charge in [-0.15, -0.1) is 0 Å². The van der Waals surface area contributed by atoms with Gasteiger partial charge in [-0.2, -0.15) is 12.6 Å². The van der Waals surface area contributed by atoms with Crippen LogP contribution in [0.1, 0.15) is 39.5 Å². The summed E-state index contributed by atoms with van der Waals surface area (Å²) in [5, 5.41) is 0. The van der Waals surface area contributed by atoms with Gasteiger partial charge in [-0.1, -0.05) is 33.1 Å². The summed E-state index contributed by atoms with van der Waals surface area (Å²) in [6.45, 7) is 4.87. The van der Waals surface area contributed by atoms with E-state index >= 15 is 0 Å². The van der Waals surface area contributed by atoms with Gasteiger partial charge >= 0.3 is 37.0 Å². The zero-order valence-corrected chi connectivity index (χ0v) is 14.8. The van der Waals surface area contributed by atoms with Crippen molar-refractivity contribution in [3.63, 3.8) is 0 Å². The van der Waals surface area contributed by atoms with Crippen LogP contribution in [-0.4, -0.2) is 39.5 Å². The molecule has 0 heterocycles. The van der Waals surface area contributed by atoms with Crippen LogP contribution in [0.2, 0.25) is 9.88 Å². The summed E-state index contributed by atoms with van der Waals surface area (Å²) in [6, 6.07) is 0. The van der Waals surface area contributed by atoms with Gasteiger partial charge in [0.2, 0.25) is 0 Å². The number of carbonyl (C=O) groups excluding carboxylic acids is 1. The third-order valence-electron chi connectivity index (χ3n) is 2.15. The first-order valence-electron chi connectivity index (χ1n) is 6.01. The van der Waals surface area contributed by atoms with E-state index in [1.807, 2.05) is 0 Å². The number of carbonyl (C=O) groups is 1. The molecular formula is C12H26O2SSn. The van der Waals surface area contributed by atoms with Gasteiger partial charge in [0, 0.05) is 0 Å². The number of unbranched alkanes of at least 4 members (excludes halogenated alkanes) is 1. The van der Waals surface area contributed by atoms with Gasteiger partial charge in [-0.25, -0.2) is 0 Å². The predicted molar refractivity (Wildman–Crippen MR) is 75.6 cm³/mol. The molecule has 2 nitrogen and oxygen atoms in total. The van der Waals surface area contributed by atoms with E-state index in [-0.39, 0.29) is 32.9 Å². The van der Waals surface area contributed by atoms with E-state index in [1.165, 1.54) is 12.8 Å². The van der Waals surface area contributed by atoms with E-state index in [0.29, 0.717) is 12.5 Å². The first-order chi connectivity index (χ1) is 7.65. The van der Waals surface area contributed by atoms with Gasteiger partial charge in [0.05, 0.1) is 12.4 Å². The summed E-state index contributed by atoms with van der Waals surface area (Å²) in [6.07, 6.45) is 4.67. The first kappa shape index (κ1) is 19.0. The number of esters is 1. The standard InChI is InChI=1S/C10H20O2S.2CH3.Sn/c1-3-5-6-9(4-2)7-12-10(11)8-13;;;/h9,13H,3-8H2,1-2H3;2*1H3;. The quantitative estimate of drug-likeness (QED) is 0.431. The zero-order valence-electron chi connectivity index (χ0n) is 11.1. The molecule has 0 spiro atoms. The molecule has 96 valence electrons. The van der Waals surface area contributed by atoms with Crippen LogP contribution in [0.4, 0.5) is 0 Å². The number of hydrogen-bond donors (Lipinski definition) is 1. The van der Waals surface area contributed by atoms with Crippen molar-refractivity contribution in [3.05, 3.63) is 0 Å². The Morgan fingerprint density at radius 1 is 1.38 bits per heavy atom. The Bertz CT molecular complexity index is 154. The average molecular weight is 353 g/mol. The summed E-state index contributed by atoms with van der Waals surface area (Å²) in [7, 11) is 0. The average Bonchev–Trinajstić information content (AvgIpc) is 2.30. The number of rotatable bonds is 7. The van der Waals surface area contributed by atoms with E-state index < -0.39 is 0 Å². The van der Waals surface area contributed by atoms with Gasteiger partial charge in [0.25, 0.3) is 0 Å². The Balaban J connectivity index is 0. The molecule has 1 atom stereocenters. The predicted octanol–water partition coefficient (Wildman–Crippen LogP) is 3.46. The number of ether oxygens (including phenoxy) is 1. The fraction of sp³-hybridized carbons (Fsp3) is 0.917. The molecule has 0 saturated heterocycles. The molecule has 1 unspecified atom stereocenters. The third-order valence-corrected chi connectivity index (χ3v) is 2.41. The molecule has 0 saturated carbocycles. The zero-order chi connectivity index (χ0) is 12.8. The molecular weight excluding hydrogens is 327 g/mol. The van der Waals surface area contributed by atoms with E-state index in [9.17, 15) is 4.79 Å². The molecule has 0 aromatic carbocycles. The molecule has 0 aliphatic rings. The molecule has 0 aromatic heterocycles. The summed E-state index contributed by atoms with van der Waals surface area (Å²) in [5.74, 6) is 0.506. The van der Waals surface area contributed by atoms with Crippen LogP contribution in [0.25, 0.3) is 0 Å². The van der Waals surface area contributed by atoms with Crippen molar-refractivity contribution in [2.45, 2.75) is 49.4 Å². The molecule has 0 rings (SSSR count). The van der Waals surface area contributed by atoms with Crippen LogP contribution in [0.15, 0.2) is 0 Å². The molecule has 0 aliphatic carbocycles. The molecule has 16 heavy (non-hydrogen) atoms. The Kier molecular flexibility index (Phi) is 18.5. The van der Waals surface area contributed by atoms with E-state index in [1.54, 1.807) is 0 Å². The van der Waals surface area contributed by atoms with Crippen molar-refractivity contribution >= 4 is 39.7 Å². The summed E-state index contributed by atoms with van der Waals surface area (Å²) < 4.78 is 5.03. The van der Waals surface area contributed by atoms with Crippen molar-refractivity contribution < 1.29 is 9.53 Å². The van der Waals surface area contributed by atoms with Gasteiger partial charge in [0.1, 0.15) is 0 Å². The molecule has 0 aromatic rings. The summed E-state index contributed by atoms with van der Waals surface area (Å²) in [5.41, 5.74) is 0.